The Balaban J connectivity index is 0. The van der Waals surface area contributed by atoms with Crippen molar-refractivity contribution in [2.45, 2.75) is 125 Å². The van der Waals surface area contributed by atoms with E-state index < -0.39 is 46.3 Å². The van der Waals surface area contributed by atoms with Gasteiger partial charge in [0, 0.05) is 13.2 Å². The molecule has 0 fully saturated rings. The van der Waals surface area contributed by atoms with Crippen molar-refractivity contribution >= 4 is 21.1 Å². The Morgan fingerprint density at radius 1 is 0.533 bits per heavy atom. The second-order valence-electron chi connectivity index (χ2n) is 7.63. The topological polar surface area (TPSA) is 9.23 Å². The molecule has 0 aliphatic carbocycles. The minimum atomic E-state index is -4.12. The second kappa shape index (κ2) is 22.5. The molecule has 8 heteroatoms. The van der Waals surface area contributed by atoms with Gasteiger partial charge in [-0.3, -0.25) is 0 Å². The van der Waals surface area contributed by atoms with E-state index >= 15 is 0 Å². The summed E-state index contributed by atoms with van der Waals surface area (Å²) >= 11 is -0.987. The Hall–Kier alpha value is 0.339. The average molecular weight is 555 g/mol. The molecule has 0 unspecified atom stereocenters. The first-order valence-electron chi connectivity index (χ1n) is 11.5. The summed E-state index contributed by atoms with van der Waals surface area (Å²) in [6.07, 6.45) is 3.76. The third-order valence-corrected chi connectivity index (χ3v) is 8.45. The molecule has 0 aromatic rings. The van der Waals surface area contributed by atoms with Crippen molar-refractivity contribution < 1.29 is 31.1 Å². The van der Waals surface area contributed by atoms with Gasteiger partial charge in [0.2, 0.25) is 0 Å². The van der Waals surface area contributed by atoms with E-state index in [1.165, 1.54) is 64.2 Å². The number of hydrogen-bond acceptors (Lipinski definition) is 1. The summed E-state index contributed by atoms with van der Waals surface area (Å²) < 4.78 is 76.6. The van der Waals surface area contributed by atoms with E-state index in [-0.39, 0.29) is 12.8 Å². The molecule has 0 aliphatic rings. The van der Waals surface area contributed by atoms with E-state index in [4.69, 9.17) is 4.74 Å². The van der Waals surface area contributed by atoms with Crippen LogP contribution in [-0.4, -0.2) is 46.7 Å². The van der Waals surface area contributed by atoms with Gasteiger partial charge in [-0.1, -0.05) is 65.2 Å². The Morgan fingerprint density at radius 2 is 0.900 bits per heavy atom. The van der Waals surface area contributed by atoms with Crippen LogP contribution in [0, 0.1) is 0 Å². The summed E-state index contributed by atoms with van der Waals surface area (Å²) in [5, 5.41) is 0. The summed E-state index contributed by atoms with van der Waals surface area (Å²) in [5.41, 5.74) is 0. The van der Waals surface area contributed by atoms with Gasteiger partial charge in [0.05, 0.1) is 0 Å². The molecule has 0 saturated heterocycles. The molecule has 0 aliphatic heterocycles. The van der Waals surface area contributed by atoms with Crippen molar-refractivity contribution in [3.8, 4) is 0 Å². The molecule has 0 aromatic heterocycles. The second-order valence-corrected chi connectivity index (χ2v) is 11.9. The Bertz CT molecular complexity index is 305. The number of rotatable bonds is 18. The summed E-state index contributed by atoms with van der Waals surface area (Å²) in [7, 11) is 0. The molecule has 0 bridgehead atoms. The molecule has 0 N–H and O–H groups in total. The zero-order valence-corrected chi connectivity index (χ0v) is 21.8. The van der Waals surface area contributed by atoms with Gasteiger partial charge in [-0.15, -0.1) is 0 Å². The molecule has 0 aromatic carbocycles. The van der Waals surface area contributed by atoms with Crippen molar-refractivity contribution in [1.82, 2.24) is 0 Å². The van der Waals surface area contributed by atoms with Crippen LogP contribution in [-0.2, 0) is 4.74 Å². The zero-order valence-electron chi connectivity index (χ0n) is 18.9. The third-order valence-electron chi connectivity index (χ3n) is 4.41. The van der Waals surface area contributed by atoms with E-state index in [0.29, 0.717) is 8.87 Å². The molecule has 0 rings (SSSR count). The van der Waals surface area contributed by atoms with Crippen molar-refractivity contribution in [1.29, 1.82) is 0 Å². The SMILES string of the molecule is CCCCCCCOCCCCCCC.FC(F)(F)CC[CH2][Sn][CH2]CCC(F)(F)F. The summed E-state index contributed by atoms with van der Waals surface area (Å²) in [6.45, 7) is 6.48. The van der Waals surface area contributed by atoms with Crippen LogP contribution in [0.15, 0.2) is 0 Å². The number of ether oxygens (including phenoxy) is 1. The van der Waals surface area contributed by atoms with Gasteiger partial charge in [0.25, 0.3) is 0 Å². The molecule has 2 radical (unpaired) electrons. The van der Waals surface area contributed by atoms with Crippen LogP contribution in [0.2, 0.25) is 8.87 Å². The Kier molecular flexibility index (Phi) is 24.4. The first kappa shape index (κ1) is 32.5. The predicted molar refractivity (Wildman–Crippen MR) is 114 cm³/mol. The average Bonchev–Trinajstić information content (AvgIpc) is 2.64. The number of halogens is 6. The molecular formula is C22H42F6OSn. The fraction of sp³-hybridized carbons (Fsp3) is 1.00. The number of unbranched alkanes of at least 4 members (excludes halogenated alkanes) is 8. The van der Waals surface area contributed by atoms with Gasteiger partial charge in [0.1, 0.15) is 0 Å². The Morgan fingerprint density at radius 3 is 1.23 bits per heavy atom. The zero-order chi connectivity index (χ0) is 23.1. The van der Waals surface area contributed by atoms with Crippen molar-refractivity contribution in [3.63, 3.8) is 0 Å². The quantitative estimate of drug-likeness (QED) is 0.0932. The first-order valence-corrected chi connectivity index (χ1v) is 15.6. The van der Waals surface area contributed by atoms with Crippen LogP contribution < -0.4 is 0 Å². The van der Waals surface area contributed by atoms with Crippen LogP contribution in [0.5, 0.6) is 0 Å². The molecule has 30 heavy (non-hydrogen) atoms. The van der Waals surface area contributed by atoms with Gasteiger partial charge >= 0.3 is 94.4 Å². The van der Waals surface area contributed by atoms with E-state index in [0.717, 1.165) is 13.2 Å². The molecule has 0 amide bonds. The monoisotopic (exact) mass is 556 g/mol. The van der Waals surface area contributed by atoms with Crippen LogP contribution in [0.1, 0.15) is 104 Å². The maximum atomic E-state index is 11.7. The van der Waals surface area contributed by atoms with Gasteiger partial charge in [-0.25, -0.2) is 0 Å². The van der Waals surface area contributed by atoms with E-state index in [1.807, 2.05) is 0 Å². The molecule has 0 saturated carbocycles. The van der Waals surface area contributed by atoms with Gasteiger partial charge in [-0.05, 0) is 12.8 Å². The van der Waals surface area contributed by atoms with Crippen LogP contribution in [0.3, 0.4) is 0 Å². The minimum absolute atomic E-state index is 0.0850. The van der Waals surface area contributed by atoms with Crippen molar-refractivity contribution in [2.75, 3.05) is 13.2 Å². The number of hydrogen-bond donors (Lipinski definition) is 0. The Labute approximate surface area is 190 Å². The third kappa shape index (κ3) is 35.8. The summed E-state index contributed by atoms with van der Waals surface area (Å²) in [5.74, 6) is 0. The molecule has 0 heterocycles. The predicted octanol–water partition coefficient (Wildman–Crippen LogP) is 9.16. The molecule has 0 spiro atoms. The molecule has 1 nitrogen and oxygen atoms in total. The number of alkyl halides is 6. The van der Waals surface area contributed by atoms with Crippen LogP contribution in [0.25, 0.3) is 0 Å². The standard InChI is InChI=1S/C14H30O.2C4H6F3.Sn/c1-3-5-7-9-11-13-15-14-12-10-8-6-4-2;2*1-2-3-4(5,6)7;/h3-14H2,1-2H3;2*1-3H2;. The van der Waals surface area contributed by atoms with Crippen LogP contribution in [0.4, 0.5) is 26.3 Å². The summed E-state index contributed by atoms with van der Waals surface area (Å²) in [4.78, 5) is 0. The maximum absolute atomic E-state index is 11.7. The van der Waals surface area contributed by atoms with Crippen LogP contribution >= 0.6 is 0 Å². The van der Waals surface area contributed by atoms with E-state index in [1.54, 1.807) is 0 Å². The van der Waals surface area contributed by atoms with E-state index in [2.05, 4.69) is 13.8 Å². The van der Waals surface area contributed by atoms with Gasteiger partial charge < -0.3 is 4.74 Å². The fourth-order valence-corrected chi connectivity index (χ4v) is 5.82. The first-order chi connectivity index (χ1) is 14.1. The van der Waals surface area contributed by atoms with E-state index in [9.17, 15) is 26.3 Å². The van der Waals surface area contributed by atoms with Crippen molar-refractivity contribution in [3.05, 3.63) is 0 Å². The molecular weight excluding hydrogens is 513 g/mol. The summed E-state index contributed by atoms with van der Waals surface area (Å²) in [6, 6.07) is 0. The van der Waals surface area contributed by atoms with Gasteiger partial charge in [0.15, 0.2) is 0 Å². The molecule has 0 atom stereocenters. The van der Waals surface area contributed by atoms with Crippen molar-refractivity contribution in [2.24, 2.45) is 0 Å². The van der Waals surface area contributed by atoms with Gasteiger partial charge in [-0.2, -0.15) is 0 Å². The molecule has 182 valence electrons. The normalized spacial score (nSPS) is 12.0. The fourth-order valence-electron chi connectivity index (χ4n) is 2.67.